The van der Waals surface area contributed by atoms with Gasteiger partial charge in [-0.2, -0.15) is 0 Å². The average molecular weight is 438 g/mol. The fraction of sp³-hybridized carbons (Fsp3) is 0.227. The maximum atomic E-state index is 12.7. The van der Waals surface area contributed by atoms with Gasteiger partial charge in [0, 0.05) is 17.2 Å². The number of hydrogen-bond donors (Lipinski definition) is 3. The van der Waals surface area contributed by atoms with E-state index in [1.165, 1.54) is 11.3 Å². The van der Waals surface area contributed by atoms with E-state index in [0.717, 1.165) is 11.4 Å². The van der Waals surface area contributed by atoms with E-state index in [0.29, 0.717) is 27.6 Å². The van der Waals surface area contributed by atoms with Crippen molar-refractivity contribution in [3.63, 3.8) is 0 Å². The minimum atomic E-state index is -0.388. The smallest absolute Gasteiger partial charge is 0.259 e. The van der Waals surface area contributed by atoms with Crippen LogP contribution in [0.3, 0.4) is 0 Å². The van der Waals surface area contributed by atoms with Crippen LogP contribution in [0.5, 0.6) is 0 Å². The Morgan fingerprint density at radius 3 is 2.26 bits per heavy atom. The molecule has 0 fully saturated rings. The van der Waals surface area contributed by atoms with E-state index in [1.54, 1.807) is 62.4 Å². The zero-order valence-corrected chi connectivity index (χ0v) is 18.2. The third kappa shape index (κ3) is 5.73. The Morgan fingerprint density at radius 1 is 0.903 bits per heavy atom. The van der Waals surface area contributed by atoms with Gasteiger partial charge in [0.2, 0.25) is 11.0 Å². The molecule has 2 aromatic carbocycles. The summed E-state index contributed by atoms with van der Waals surface area (Å²) >= 11 is 1.31. The fourth-order valence-electron chi connectivity index (χ4n) is 2.59. The van der Waals surface area contributed by atoms with Crippen LogP contribution in [0.15, 0.2) is 48.5 Å². The van der Waals surface area contributed by atoms with Gasteiger partial charge in [-0.1, -0.05) is 44.2 Å². The van der Waals surface area contributed by atoms with Gasteiger partial charge < -0.3 is 10.6 Å². The lowest BCUT2D eigenvalue weighted by molar-refractivity contribution is -0.118. The van der Waals surface area contributed by atoms with Crippen LogP contribution in [0.2, 0.25) is 0 Å². The molecule has 0 saturated carbocycles. The van der Waals surface area contributed by atoms with E-state index < -0.39 is 0 Å². The van der Waals surface area contributed by atoms with Crippen LogP contribution >= 0.6 is 11.3 Å². The topological polar surface area (TPSA) is 113 Å². The Hall–Kier alpha value is -3.59. The summed E-state index contributed by atoms with van der Waals surface area (Å²) in [6.07, 6.45) is 0.736. The third-order valence-corrected chi connectivity index (χ3v) is 5.33. The van der Waals surface area contributed by atoms with Crippen molar-refractivity contribution in [2.24, 2.45) is 5.92 Å². The normalized spacial score (nSPS) is 10.6. The van der Waals surface area contributed by atoms with Crippen LogP contribution in [-0.2, 0) is 11.2 Å². The third-order valence-electron chi connectivity index (χ3n) is 4.35. The van der Waals surface area contributed by atoms with E-state index in [9.17, 15) is 14.4 Å². The Balaban J connectivity index is 1.70. The standard InChI is InChI=1S/C22H23N5O3S/c1-4-18-26-27-22(31-18)25-21(30)16-7-5-6-8-17(16)24-20(29)14-9-11-15(12-10-14)23-19(28)13(2)3/h5-13H,4H2,1-3H3,(H,23,28)(H,24,29)(H,25,27,30). The number of aryl methyl sites for hydroxylation is 1. The number of nitrogens with one attached hydrogen (secondary N) is 3. The molecule has 31 heavy (non-hydrogen) atoms. The fourth-order valence-corrected chi connectivity index (χ4v) is 3.26. The second-order valence-electron chi connectivity index (χ2n) is 7.03. The van der Waals surface area contributed by atoms with Crippen molar-refractivity contribution in [1.29, 1.82) is 0 Å². The molecule has 3 aromatic rings. The Morgan fingerprint density at radius 2 is 1.61 bits per heavy atom. The van der Waals surface area contributed by atoms with Crippen LogP contribution in [0.25, 0.3) is 0 Å². The van der Waals surface area contributed by atoms with Gasteiger partial charge in [0.1, 0.15) is 5.01 Å². The van der Waals surface area contributed by atoms with Gasteiger partial charge in [0.05, 0.1) is 11.3 Å². The van der Waals surface area contributed by atoms with Crippen molar-refractivity contribution < 1.29 is 14.4 Å². The zero-order chi connectivity index (χ0) is 22.4. The van der Waals surface area contributed by atoms with Crippen LogP contribution < -0.4 is 16.0 Å². The summed E-state index contributed by atoms with van der Waals surface area (Å²) in [6.45, 7) is 5.57. The quantitative estimate of drug-likeness (QED) is 0.513. The first kappa shape index (κ1) is 22.1. The molecule has 0 atom stereocenters. The first-order chi connectivity index (χ1) is 14.9. The van der Waals surface area contributed by atoms with Gasteiger partial charge in [0.15, 0.2) is 0 Å². The van der Waals surface area contributed by atoms with Gasteiger partial charge in [-0.15, -0.1) is 10.2 Å². The van der Waals surface area contributed by atoms with Crippen molar-refractivity contribution in [1.82, 2.24) is 10.2 Å². The van der Waals surface area contributed by atoms with Crippen molar-refractivity contribution in [2.45, 2.75) is 27.2 Å². The van der Waals surface area contributed by atoms with E-state index in [1.807, 2.05) is 6.92 Å². The summed E-state index contributed by atoms with van der Waals surface area (Å²) in [5.41, 5.74) is 1.69. The number of benzene rings is 2. The summed E-state index contributed by atoms with van der Waals surface area (Å²) in [6, 6.07) is 13.3. The second-order valence-corrected chi connectivity index (χ2v) is 8.09. The van der Waals surface area contributed by atoms with Gasteiger partial charge in [-0.3, -0.25) is 19.7 Å². The number of rotatable bonds is 7. The maximum Gasteiger partial charge on any atom is 0.259 e. The molecule has 1 heterocycles. The molecule has 1 aromatic heterocycles. The second kappa shape index (κ2) is 9.94. The molecule has 0 aliphatic rings. The molecule has 8 nitrogen and oxygen atoms in total. The SMILES string of the molecule is CCc1nnc(NC(=O)c2ccccc2NC(=O)c2ccc(NC(=O)C(C)C)cc2)s1. The largest absolute Gasteiger partial charge is 0.326 e. The first-order valence-corrected chi connectivity index (χ1v) is 10.6. The lowest BCUT2D eigenvalue weighted by Gasteiger charge is -2.11. The Bertz CT molecular complexity index is 1090. The highest BCUT2D eigenvalue weighted by Gasteiger charge is 2.16. The maximum absolute atomic E-state index is 12.7. The van der Waals surface area contributed by atoms with Gasteiger partial charge >= 0.3 is 0 Å². The molecule has 0 spiro atoms. The number of nitrogens with zero attached hydrogens (tertiary/aromatic N) is 2. The molecule has 0 saturated heterocycles. The summed E-state index contributed by atoms with van der Waals surface area (Å²) in [5, 5.41) is 17.4. The molecular formula is C22H23N5O3S. The van der Waals surface area contributed by atoms with Gasteiger partial charge in [-0.25, -0.2) is 0 Å². The van der Waals surface area contributed by atoms with Crippen LogP contribution in [0, 0.1) is 5.92 Å². The molecule has 0 aliphatic heterocycles. The van der Waals surface area contributed by atoms with Crippen molar-refractivity contribution in [3.8, 4) is 0 Å². The number of para-hydroxylation sites is 1. The summed E-state index contributed by atoms with van der Waals surface area (Å²) in [7, 11) is 0. The van der Waals surface area contributed by atoms with Crippen molar-refractivity contribution in [2.75, 3.05) is 16.0 Å². The highest BCUT2D eigenvalue weighted by atomic mass is 32.1. The number of carbonyl (C=O) groups excluding carboxylic acids is 3. The molecule has 9 heteroatoms. The minimum Gasteiger partial charge on any atom is -0.326 e. The zero-order valence-electron chi connectivity index (χ0n) is 17.4. The molecule has 160 valence electrons. The molecule has 3 rings (SSSR count). The molecule has 0 aliphatic carbocycles. The van der Waals surface area contributed by atoms with Crippen LogP contribution in [0.4, 0.5) is 16.5 Å². The van der Waals surface area contributed by atoms with Crippen molar-refractivity contribution >= 4 is 45.6 Å². The molecule has 0 radical (unpaired) electrons. The van der Waals surface area contributed by atoms with E-state index in [4.69, 9.17) is 0 Å². The van der Waals surface area contributed by atoms with Gasteiger partial charge in [0.25, 0.3) is 11.8 Å². The summed E-state index contributed by atoms with van der Waals surface area (Å²) in [4.78, 5) is 37.2. The van der Waals surface area contributed by atoms with Gasteiger partial charge in [-0.05, 0) is 42.8 Å². The Labute approximate surface area is 184 Å². The lowest BCUT2D eigenvalue weighted by Crippen LogP contribution is -2.19. The number of hydrogen-bond acceptors (Lipinski definition) is 6. The first-order valence-electron chi connectivity index (χ1n) is 9.82. The number of aromatic nitrogens is 2. The highest BCUT2D eigenvalue weighted by molar-refractivity contribution is 7.15. The molecular weight excluding hydrogens is 414 g/mol. The summed E-state index contributed by atoms with van der Waals surface area (Å²) in [5.74, 6) is -0.995. The van der Waals surface area contributed by atoms with E-state index in [-0.39, 0.29) is 23.6 Å². The van der Waals surface area contributed by atoms with Crippen LogP contribution in [-0.4, -0.2) is 27.9 Å². The molecule has 3 N–H and O–H groups in total. The van der Waals surface area contributed by atoms with E-state index in [2.05, 4.69) is 26.1 Å². The van der Waals surface area contributed by atoms with E-state index >= 15 is 0 Å². The average Bonchev–Trinajstić information content (AvgIpc) is 3.22. The highest BCUT2D eigenvalue weighted by Crippen LogP contribution is 2.21. The van der Waals surface area contributed by atoms with Crippen molar-refractivity contribution in [3.05, 3.63) is 64.7 Å². The Kier molecular flexibility index (Phi) is 7.09. The number of anilines is 3. The molecule has 3 amide bonds. The monoisotopic (exact) mass is 437 g/mol. The predicted molar refractivity (Wildman–Crippen MR) is 122 cm³/mol. The number of amides is 3. The summed E-state index contributed by atoms with van der Waals surface area (Å²) < 4.78 is 0. The lowest BCUT2D eigenvalue weighted by atomic mass is 10.1. The number of carbonyl (C=O) groups is 3. The molecule has 0 bridgehead atoms. The minimum absolute atomic E-state index is 0.0985. The predicted octanol–water partition coefficient (Wildman–Crippen LogP) is 4.20. The van der Waals surface area contributed by atoms with Crippen LogP contribution in [0.1, 0.15) is 46.5 Å². The molecule has 0 unspecified atom stereocenters.